The maximum absolute atomic E-state index is 8.34. The fourth-order valence-electron chi connectivity index (χ4n) is 1.72. The topological polar surface area (TPSA) is 52.0 Å². The number of azide groups is 1. The standard InChI is InChI=1S/C14H14N4/c1-18(2)14-9-5-12(6-10-14)11-3-7-13(8-4-11)16-17-15/h3-10H,1-2H3. The molecule has 0 fully saturated rings. The van der Waals surface area contributed by atoms with Crippen LogP contribution in [0.1, 0.15) is 0 Å². The van der Waals surface area contributed by atoms with Crippen molar-refractivity contribution in [3.63, 3.8) is 0 Å². The Labute approximate surface area is 106 Å². The molecule has 0 saturated carbocycles. The predicted molar refractivity (Wildman–Crippen MR) is 75.0 cm³/mol. The number of hydrogen-bond donors (Lipinski definition) is 0. The van der Waals surface area contributed by atoms with E-state index >= 15 is 0 Å². The first-order valence-electron chi connectivity index (χ1n) is 5.63. The van der Waals surface area contributed by atoms with Crippen molar-refractivity contribution in [1.82, 2.24) is 0 Å². The zero-order valence-corrected chi connectivity index (χ0v) is 10.4. The first-order valence-corrected chi connectivity index (χ1v) is 5.63. The molecule has 0 unspecified atom stereocenters. The van der Waals surface area contributed by atoms with Gasteiger partial charge in [0.15, 0.2) is 0 Å². The van der Waals surface area contributed by atoms with Gasteiger partial charge in [-0.2, -0.15) is 0 Å². The van der Waals surface area contributed by atoms with Crippen LogP contribution in [0.4, 0.5) is 11.4 Å². The lowest BCUT2D eigenvalue weighted by atomic mass is 10.1. The van der Waals surface area contributed by atoms with Gasteiger partial charge in [-0.15, -0.1) is 0 Å². The van der Waals surface area contributed by atoms with E-state index in [2.05, 4.69) is 39.2 Å². The molecule has 0 N–H and O–H groups in total. The lowest BCUT2D eigenvalue weighted by Crippen LogP contribution is -2.07. The number of anilines is 1. The summed E-state index contributed by atoms with van der Waals surface area (Å²) >= 11 is 0. The Hall–Kier alpha value is -2.45. The van der Waals surface area contributed by atoms with E-state index in [0.717, 1.165) is 11.1 Å². The minimum absolute atomic E-state index is 0.631. The highest BCUT2D eigenvalue weighted by molar-refractivity contribution is 5.67. The molecule has 4 heteroatoms. The molecule has 2 aromatic rings. The van der Waals surface area contributed by atoms with Crippen LogP contribution in [-0.2, 0) is 0 Å². The molecule has 0 bridgehead atoms. The molecule has 90 valence electrons. The van der Waals surface area contributed by atoms with Gasteiger partial charge in [0.1, 0.15) is 0 Å². The molecule has 0 aliphatic rings. The van der Waals surface area contributed by atoms with Gasteiger partial charge in [-0.1, -0.05) is 41.5 Å². The van der Waals surface area contributed by atoms with Crippen molar-refractivity contribution in [2.24, 2.45) is 5.11 Å². The first kappa shape index (κ1) is 12.0. The molecule has 2 aromatic carbocycles. The maximum Gasteiger partial charge on any atom is 0.0375 e. The highest BCUT2D eigenvalue weighted by Gasteiger charge is 1.99. The molecule has 0 saturated heterocycles. The van der Waals surface area contributed by atoms with Crippen LogP contribution >= 0.6 is 0 Å². The average Bonchev–Trinajstić information content (AvgIpc) is 2.40. The third-order valence-corrected chi connectivity index (χ3v) is 2.74. The van der Waals surface area contributed by atoms with Crippen LogP contribution in [0.5, 0.6) is 0 Å². The van der Waals surface area contributed by atoms with Gasteiger partial charge in [-0.25, -0.2) is 0 Å². The molecule has 0 spiro atoms. The minimum atomic E-state index is 0.631. The summed E-state index contributed by atoms with van der Waals surface area (Å²) in [6.45, 7) is 0. The summed E-state index contributed by atoms with van der Waals surface area (Å²) in [6.07, 6.45) is 0. The van der Waals surface area contributed by atoms with Crippen molar-refractivity contribution in [2.45, 2.75) is 0 Å². The minimum Gasteiger partial charge on any atom is -0.378 e. The van der Waals surface area contributed by atoms with Gasteiger partial charge in [0.05, 0.1) is 0 Å². The van der Waals surface area contributed by atoms with E-state index < -0.39 is 0 Å². The molecule has 0 aliphatic heterocycles. The number of nitrogens with zero attached hydrogens (tertiary/aromatic N) is 4. The van der Waals surface area contributed by atoms with Crippen LogP contribution in [0.25, 0.3) is 21.6 Å². The third-order valence-electron chi connectivity index (χ3n) is 2.74. The summed E-state index contributed by atoms with van der Waals surface area (Å²) in [5.41, 5.74) is 12.4. The van der Waals surface area contributed by atoms with Gasteiger partial charge in [0, 0.05) is 30.4 Å². The molecular weight excluding hydrogens is 224 g/mol. The Balaban J connectivity index is 2.28. The number of rotatable bonds is 3. The molecule has 0 heterocycles. The van der Waals surface area contributed by atoms with Crippen LogP contribution in [0.15, 0.2) is 53.6 Å². The average molecular weight is 238 g/mol. The largest absolute Gasteiger partial charge is 0.378 e. The van der Waals surface area contributed by atoms with Gasteiger partial charge < -0.3 is 4.90 Å². The van der Waals surface area contributed by atoms with Crippen molar-refractivity contribution in [1.29, 1.82) is 0 Å². The molecule has 18 heavy (non-hydrogen) atoms. The molecule has 0 aromatic heterocycles. The van der Waals surface area contributed by atoms with Gasteiger partial charge in [-0.3, -0.25) is 0 Å². The first-order chi connectivity index (χ1) is 8.70. The zero-order valence-electron chi connectivity index (χ0n) is 10.4. The second-order valence-corrected chi connectivity index (χ2v) is 4.18. The van der Waals surface area contributed by atoms with Crippen molar-refractivity contribution in [2.75, 3.05) is 19.0 Å². The number of hydrogen-bond acceptors (Lipinski definition) is 2. The van der Waals surface area contributed by atoms with E-state index in [9.17, 15) is 0 Å². The summed E-state index contributed by atoms with van der Waals surface area (Å²) in [5, 5.41) is 3.55. The SMILES string of the molecule is CN(C)c1ccc(-c2ccc(N=[N+]=[N-])cc2)cc1. The van der Waals surface area contributed by atoms with E-state index in [1.54, 1.807) is 0 Å². The fourth-order valence-corrected chi connectivity index (χ4v) is 1.72. The monoisotopic (exact) mass is 238 g/mol. The summed E-state index contributed by atoms with van der Waals surface area (Å²) in [4.78, 5) is 4.82. The maximum atomic E-state index is 8.34. The van der Waals surface area contributed by atoms with E-state index in [4.69, 9.17) is 5.53 Å². The lowest BCUT2D eigenvalue weighted by Gasteiger charge is -2.12. The van der Waals surface area contributed by atoms with Crippen LogP contribution in [0.3, 0.4) is 0 Å². The van der Waals surface area contributed by atoms with Gasteiger partial charge in [-0.05, 0) is 28.8 Å². The number of benzene rings is 2. The van der Waals surface area contributed by atoms with Crippen LogP contribution in [-0.4, -0.2) is 14.1 Å². The molecule has 2 rings (SSSR count). The molecule has 0 atom stereocenters. The van der Waals surface area contributed by atoms with E-state index in [1.807, 2.05) is 38.4 Å². The quantitative estimate of drug-likeness (QED) is 0.445. The van der Waals surface area contributed by atoms with Crippen LogP contribution in [0.2, 0.25) is 0 Å². The van der Waals surface area contributed by atoms with E-state index in [1.165, 1.54) is 5.69 Å². The highest BCUT2D eigenvalue weighted by Crippen LogP contribution is 2.24. The lowest BCUT2D eigenvalue weighted by molar-refractivity contribution is 1.13. The summed E-state index contributed by atoms with van der Waals surface area (Å²) in [6, 6.07) is 15.9. The van der Waals surface area contributed by atoms with Crippen molar-refractivity contribution < 1.29 is 0 Å². The van der Waals surface area contributed by atoms with Crippen molar-refractivity contribution in [3.05, 3.63) is 59.0 Å². The zero-order chi connectivity index (χ0) is 13.0. The Kier molecular flexibility index (Phi) is 3.51. The highest BCUT2D eigenvalue weighted by atomic mass is 15.1. The second kappa shape index (κ2) is 5.25. The summed E-state index contributed by atoms with van der Waals surface area (Å²) in [5.74, 6) is 0. The van der Waals surface area contributed by atoms with Crippen LogP contribution < -0.4 is 4.90 Å². The fraction of sp³-hybridized carbons (Fsp3) is 0.143. The molecule has 0 aliphatic carbocycles. The second-order valence-electron chi connectivity index (χ2n) is 4.18. The summed E-state index contributed by atoms with van der Waals surface area (Å²) in [7, 11) is 4.04. The molecule has 0 radical (unpaired) electrons. The third kappa shape index (κ3) is 2.62. The van der Waals surface area contributed by atoms with E-state index in [0.29, 0.717) is 5.69 Å². The predicted octanol–water partition coefficient (Wildman–Crippen LogP) is 4.36. The molecule has 0 amide bonds. The van der Waals surface area contributed by atoms with Crippen LogP contribution in [0, 0.1) is 0 Å². The molecular formula is C14H14N4. The molecule has 4 nitrogen and oxygen atoms in total. The smallest absolute Gasteiger partial charge is 0.0375 e. The van der Waals surface area contributed by atoms with Gasteiger partial charge in [0.25, 0.3) is 0 Å². The van der Waals surface area contributed by atoms with Crippen molar-refractivity contribution in [3.8, 4) is 11.1 Å². The summed E-state index contributed by atoms with van der Waals surface area (Å²) < 4.78 is 0. The Morgan fingerprint density at radius 1 is 0.889 bits per heavy atom. The Morgan fingerprint density at radius 3 is 1.83 bits per heavy atom. The van der Waals surface area contributed by atoms with Gasteiger partial charge >= 0.3 is 0 Å². The Morgan fingerprint density at radius 2 is 1.39 bits per heavy atom. The van der Waals surface area contributed by atoms with Gasteiger partial charge in [0.2, 0.25) is 0 Å². The van der Waals surface area contributed by atoms with Crippen molar-refractivity contribution >= 4 is 11.4 Å². The Bertz CT molecular complexity index is 564. The van der Waals surface area contributed by atoms with E-state index in [-0.39, 0.29) is 0 Å². The normalized spacial score (nSPS) is 9.67.